The SMILES string of the molecule is CN1C(=O)COc2ccc(C(=O)N3CCNCC(O)C3)cc21. The van der Waals surface area contributed by atoms with Gasteiger partial charge in [0.25, 0.3) is 11.8 Å². The molecule has 0 bridgehead atoms. The van der Waals surface area contributed by atoms with Gasteiger partial charge in [-0.15, -0.1) is 0 Å². The number of carbonyl (C=O) groups excluding carboxylic acids is 2. The predicted octanol–water partition coefficient (Wildman–Crippen LogP) is -0.552. The molecule has 3 rings (SSSR count). The summed E-state index contributed by atoms with van der Waals surface area (Å²) in [7, 11) is 1.66. The smallest absolute Gasteiger partial charge is 0.264 e. The van der Waals surface area contributed by atoms with Crippen molar-refractivity contribution in [1.29, 1.82) is 0 Å². The van der Waals surface area contributed by atoms with Crippen LogP contribution in [-0.2, 0) is 4.79 Å². The van der Waals surface area contributed by atoms with Crippen molar-refractivity contribution in [3.8, 4) is 5.75 Å². The van der Waals surface area contributed by atoms with Crippen LogP contribution in [0.4, 0.5) is 5.69 Å². The average Bonchev–Trinajstić information content (AvgIpc) is 2.74. The summed E-state index contributed by atoms with van der Waals surface area (Å²) >= 11 is 0. The lowest BCUT2D eigenvalue weighted by atomic mass is 10.1. The van der Waals surface area contributed by atoms with Crippen LogP contribution in [0.1, 0.15) is 10.4 Å². The minimum atomic E-state index is -0.573. The highest BCUT2D eigenvalue weighted by Gasteiger charge is 2.26. The van der Waals surface area contributed by atoms with Gasteiger partial charge in [0.15, 0.2) is 6.61 Å². The van der Waals surface area contributed by atoms with Crippen molar-refractivity contribution < 1.29 is 19.4 Å². The minimum absolute atomic E-state index is 0.0147. The molecule has 1 fully saturated rings. The van der Waals surface area contributed by atoms with Crippen molar-refractivity contribution in [2.45, 2.75) is 6.10 Å². The number of likely N-dealkylation sites (N-methyl/N-ethyl adjacent to an activating group) is 1. The van der Waals surface area contributed by atoms with Crippen LogP contribution in [0.15, 0.2) is 18.2 Å². The Morgan fingerprint density at radius 1 is 1.45 bits per heavy atom. The first-order valence-corrected chi connectivity index (χ1v) is 7.27. The number of hydrogen-bond donors (Lipinski definition) is 2. The fourth-order valence-corrected chi connectivity index (χ4v) is 2.67. The normalized spacial score (nSPS) is 21.9. The Bertz CT molecular complexity index is 604. The van der Waals surface area contributed by atoms with E-state index in [4.69, 9.17) is 4.74 Å². The molecule has 22 heavy (non-hydrogen) atoms. The number of nitrogens with zero attached hydrogens (tertiary/aromatic N) is 2. The molecule has 118 valence electrons. The van der Waals surface area contributed by atoms with Crippen LogP contribution < -0.4 is 15.0 Å². The number of fused-ring (bicyclic) bond motifs is 1. The number of amides is 2. The van der Waals surface area contributed by atoms with E-state index in [1.807, 2.05) is 0 Å². The molecule has 2 N–H and O–H groups in total. The van der Waals surface area contributed by atoms with Gasteiger partial charge in [-0.25, -0.2) is 0 Å². The molecule has 0 saturated carbocycles. The fourth-order valence-electron chi connectivity index (χ4n) is 2.67. The van der Waals surface area contributed by atoms with Crippen LogP contribution >= 0.6 is 0 Å². The highest BCUT2D eigenvalue weighted by Crippen LogP contribution is 2.32. The summed E-state index contributed by atoms with van der Waals surface area (Å²) in [5, 5.41) is 12.9. The van der Waals surface area contributed by atoms with Crippen molar-refractivity contribution in [3.63, 3.8) is 0 Å². The first kappa shape index (κ1) is 14.8. The van der Waals surface area contributed by atoms with Crippen LogP contribution in [0.5, 0.6) is 5.75 Å². The van der Waals surface area contributed by atoms with Crippen LogP contribution in [0, 0.1) is 0 Å². The zero-order valence-electron chi connectivity index (χ0n) is 12.4. The van der Waals surface area contributed by atoms with Gasteiger partial charge in [-0.3, -0.25) is 9.59 Å². The molecule has 2 amide bonds. The van der Waals surface area contributed by atoms with Crippen molar-refractivity contribution in [2.75, 3.05) is 44.7 Å². The minimum Gasteiger partial charge on any atom is -0.482 e. The van der Waals surface area contributed by atoms with Gasteiger partial charge in [0.2, 0.25) is 0 Å². The van der Waals surface area contributed by atoms with E-state index in [9.17, 15) is 14.7 Å². The molecule has 1 aromatic rings. The molecule has 2 aliphatic heterocycles. The maximum atomic E-state index is 12.6. The van der Waals surface area contributed by atoms with Crippen LogP contribution in [0.25, 0.3) is 0 Å². The van der Waals surface area contributed by atoms with E-state index in [2.05, 4.69) is 5.32 Å². The molecule has 2 heterocycles. The van der Waals surface area contributed by atoms with Gasteiger partial charge in [0, 0.05) is 38.8 Å². The third-order valence-corrected chi connectivity index (χ3v) is 3.95. The van der Waals surface area contributed by atoms with Gasteiger partial charge in [0.1, 0.15) is 5.75 Å². The molecule has 7 nitrogen and oxygen atoms in total. The number of rotatable bonds is 1. The second-order valence-electron chi connectivity index (χ2n) is 5.53. The standard InChI is InChI=1S/C15H19N3O4/c1-17-12-6-10(2-3-13(12)22-9-14(17)20)15(21)18-5-4-16-7-11(19)8-18/h2-3,6,11,16,19H,4-5,7-9H2,1H3. The quantitative estimate of drug-likeness (QED) is 0.727. The van der Waals surface area contributed by atoms with Gasteiger partial charge in [-0.1, -0.05) is 0 Å². The van der Waals surface area contributed by atoms with Gasteiger partial charge < -0.3 is 25.0 Å². The average molecular weight is 305 g/mol. The summed E-state index contributed by atoms with van der Waals surface area (Å²) in [6.07, 6.45) is -0.573. The lowest BCUT2D eigenvalue weighted by Gasteiger charge is -2.27. The Balaban J connectivity index is 1.85. The first-order chi connectivity index (χ1) is 10.6. The second-order valence-corrected chi connectivity index (χ2v) is 5.53. The topological polar surface area (TPSA) is 82.1 Å². The van der Waals surface area contributed by atoms with Gasteiger partial charge >= 0.3 is 0 Å². The molecule has 7 heteroatoms. The molecule has 1 unspecified atom stereocenters. The maximum absolute atomic E-state index is 12.6. The zero-order chi connectivity index (χ0) is 15.7. The van der Waals surface area contributed by atoms with E-state index < -0.39 is 6.10 Å². The molecule has 0 spiro atoms. The van der Waals surface area contributed by atoms with Gasteiger partial charge in [0.05, 0.1) is 11.8 Å². The number of β-amino-alcohol motifs (C(OH)–C–C–N with tert-alkyl or cyclic N) is 1. The lowest BCUT2D eigenvalue weighted by molar-refractivity contribution is -0.120. The molecule has 2 aliphatic rings. The summed E-state index contributed by atoms with van der Waals surface area (Å²) in [6.45, 7) is 1.99. The largest absolute Gasteiger partial charge is 0.482 e. The number of hydrogen-bond acceptors (Lipinski definition) is 5. The highest BCUT2D eigenvalue weighted by molar-refractivity contribution is 6.01. The summed E-state index contributed by atoms with van der Waals surface area (Å²) in [4.78, 5) is 27.4. The highest BCUT2D eigenvalue weighted by atomic mass is 16.5. The number of benzene rings is 1. The Morgan fingerprint density at radius 3 is 3.09 bits per heavy atom. The fraction of sp³-hybridized carbons (Fsp3) is 0.467. The second kappa shape index (κ2) is 5.94. The van der Waals surface area contributed by atoms with Crippen LogP contribution in [-0.4, -0.2) is 67.8 Å². The first-order valence-electron chi connectivity index (χ1n) is 7.27. The van der Waals surface area contributed by atoms with Crippen LogP contribution in [0.3, 0.4) is 0 Å². The van der Waals surface area contributed by atoms with E-state index in [0.29, 0.717) is 43.2 Å². The molecule has 0 radical (unpaired) electrons. The molecule has 0 aromatic heterocycles. The number of carbonyl (C=O) groups is 2. The molecular weight excluding hydrogens is 286 g/mol. The predicted molar refractivity (Wildman–Crippen MR) is 80.1 cm³/mol. The van der Waals surface area contributed by atoms with Crippen molar-refractivity contribution >= 4 is 17.5 Å². The molecule has 1 saturated heterocycles. The monoisotopic (exact) mass is 305 g/mol. The Morgan fingerprint density at radius 2 is 2.27 bits per heavy atom. The molecule has 1 atom stereocenters. The van der Waals surface area contributed by atoms with Crippen LogP contribution in [0.2, 0.25) is 0 Å². The van der Waals surface area contributed by atoms with E-state index >= 15 is 0 Å². The number of nitrogens with one attached hydrogen (secondary N) is 1. The maximum Gasteiger partial charge on any atom is 0.264 e. The van der Waals surface area contributed by atoms with Crippen molar-refractivity contribution in [2.24, 2.45) is 0 Å². The number of anilines is 1. The Kier molecular flexibility index (Phi) is 4.00. The molecule has 1 aromatic carbocycles. The molecular formula is C15H19N3O4. The third-order valence-electron chi connectivity index (χ3n) is 3.95. The van der Waals surface area contributed by atoms with E-state index in [0.717, 1.165) is 0 Å². The van der Waals surface area contributed by atoms with E-state index in [1.165, 1.54) is 4.90 Å². The summed E-state index contributed by atoms with van der Waals surface area (Å²) in [6, 6.07) is 5.06. The summed E-state index contributed by atoms with van der Waals surface area (Å²) in [5.74, 6) is 0.291. The number of ether oxygens (including phenoxy) is 1. The molecule has 0 aliphatic carbocycles. The van der Waals surface area contributed by atoms with Crippen molar-refractivity contribution in [1.82, 2.24) is 10.2 Å². The zero-order valence-corrected chi connectivity index (χ0v) is 12.4. The van der Waals surface area contributed by atoms with Gasteiger partial charge in [-0.05, 0) is 18.2 Å². The van der Waals surface area contributed by atoms with Crippen molar-refractivity contribution in [3.05, 3.63) is 23.8 Å². The summed E-state index contributed by atoms with van der Waals surface area (Å²) < 4.78 is 5.36. The lowest BCUT2D eigenvalue weighted by Crippen LogP contribution is -2.38. The third kappa shape index (κ3) is 2.77. The Labute approximate surface area is 128 Å². The Hall–Kier alpha value is -2.12. The van der Waals surface area contributed by atoms with E-state index in [-0.39, 0.29) is 18.4 Å². The van der Waals surface area contributed by atoms with Gasteiger partial charge in [-0.2, -0.15) is 0 Å². The number of aliphatic hydroxyl groups excluding tert-OH is 1. The number of aliphatic hydroxyl groups is 1. The van der Waals surface area contributed by atoms with E-state index in [1.54, 1.807) is 30.1 Å². The summed E-state index contributed by atoms with van der Waals surface area (Å²) in [5.41, 5.74) is 1.08.